The highest BCUT2D eigenvalue weighted by atomic mass is 32.1. The Morgan fingerprint density at radius 1 is 1.50 bits per heavy atom. The van der Waals surface area contributed by atoms with E-state index in [9.17, 15) is 0 Å². The topological polar surface area (TPSA) is 51.8 Å². The summed E-state index contributed by atoms with van der Waals surface area (Å²) < 4.78 is 0. The number of fused-ring (bicyclic) bond motifs is 1. The normalized spacial score (nSPS) is 10.4. The first-order valence-electron chi connectivity index (χ1n) is 2.82. The van der Waals surface area contributed by atoms with Crippen molar-refractivity contribution in [2.75, 3.05) is 5.73 Å². The van der Waals surface area contributed by atoms with Gasteiger partial charge in [-0.05, 0) is 6.07 Å². The van der Waals surface area contributed by atoms with Gasteiger partial charge >= 0.3 is 0 Å². The summed E-state index contributed by atoms with van der Waals surface area (Å²) in [7, 11) is 0. The van der Waals surface area contributed by atoms with Crippen molar-refractivity contribution in [1.82, 2.24) is 10.2 Å². The third kappa shape index (κ3) is 0.657. The summed E-state index contributed by atoms with van der Waals surface area (Å²) in [5.74, 6) is 0. The van der Waals surface area contributed by atoms with Crippen LogP contribution >= 0.6 is 11.3 Å². The van der Waals surface area contributed by atoms with E-state index in [2.05, 4.69) is 10.2 Å². The molecule has 2 rings (SSSR count). The van der Waals surface area contributed by atoms with Crippen LogP contribution in [0.3, 0.4) is 0 Å². The van der Waals surface area contributed by atoms with Crippen LogP contribution in [0.4, 0.5) is 5.69 Å². The number of nitrogens with zero attached hydrogens (tertiary/aromatic N) is 2. The molecule has 0 aliphatic carbocycles. The molecule has 4 heteroatoms. The number of aromatic nitrogens is 2. The van der Waals surface area contributed by atoms with Crippen molar-refractivity contribution in [3.63, 3.8) is 0 Å². The number of hydrogen-bond donors (Lipinski definition) is 1. The zero-order valence-corrected chi connectivity index (χ0v) is 5.93. The molecule has 0 aliphatic heterocycles. The number of nitrogens with two attached hydrogens (primary N) is 1. The van der Waals surface area contributed by atoms with Crippen LogP contribution in [0.2, 0.25) is 0 Å². The van der Waals surface area contributed by atoms with Crippen LogP contribution in [0.1, 0.15) is 0 Å². The first kappa shape index (κ1) is 5.61. The van der Waals surface area contributed by atoms with E-state index in [1.807, 2.05) is 11.4 Å². The van der Waals surface area contributed by atoms with Gasteiger partial charge in [-0.3, -0.25) is 0 Å². The molecule has 0 saturated heterocycles. The highest BCUT2D eigenvalue weighted by Gasteiger charge is 1.98. The summed E-state index contributed by atoms with van der Waals surface area (Å²) >= 11 is 1.52. The average Bonchev–Trinajstić information content (AvgIpc) is 2.34. The molecule has 0 unspecified atom stereocenters. The van der Waals surface area contributed by atoms with Gasteiger partial charge in [-0.2, -0.15) is 5.10 Å². The molecule has 0 atom stereocenters. The fourth-order valence-electron chi connectivity index (χ4n) is 0.808. The van der Waals surface area contributed by atoms with Crippen molar-refractivity contribution < 1.29 is 0 Å². The Labute approximate surface area is 61.5 Å². The number of nitrogen functional groups attached to an aromatic ring is 1. The zero-order chi connectivity index (χ0) is 6.97. The molecule has 3 nitrogen and oxygen atoms in total. The molecule has 0 fully saturated rings. The molecule has 0 radical (unpaired) electrons. The fourth-order valence-corrected chi connectivity index (χ4v) is 1.58. The molecule has 0 bridgehead atoms. The third-order valence-corrected chi connectivity index (χ3v) is 2.19. The van der Waals surface area contributed by atoms with E-state index in [0.717, 1.165) is 15.9 Å². The minimum absolute atomic E-state index is 0.787. The largest absolute Gasteiger partial charge is 0.398 e. The predicted molar refractivity (Wildman–Crippen MR) is 41.8 cm³/mol. The number of thiophene rings is 1. The summed E-state index contributed by atoms with van der Waals surface area (Å²) in [6, 6.07) is 1.87. The molecule has 0 aromatic carbocycles. The van der Waals surface area contributed by atoms with Gasteiger partial charge in [-0.25, -0.2) is 0 Å². The summed E-state index contributed by atoms with van der Waals surface area (Å²) in [4.78, 5) is 0.903. The van der Waals surface area contributed by atoms with Crippen molar-refractivity contribution in [3.05, 3.63) is 17.6 Å². The maximum Gasteiger partial charge on any atom is 0.148 e. The molecule has 0 saturated carbocycles. The number of hydrogen-bond acceptors (Lipinski definition) is 4. The summed E-state index contributed by atoms with van der Waals surface area (Å²) in [6.45, 7) is 0. The van der Waals surface area contributed by atoms with Gasteiger partial charge in [0.15, 0.2) is 0 Å². The van der Waals surface area contributed by atoms with E-state index >= 15 is 0 Å². The molecule has 50 valence electrons. The molecule has 0 spiro atoms. The van der Waals surface area contributed by atoms with Gasteiger partial charge in [-0.1, -0.05) is 0 Å². The smallest absolute Gasteiger partial charge is 0.148 e. The van der Waals surface area contributed by atoms with Crippen molar-refractivity contribution in [2.24, 2.45) is 0 Å². The lowest BCUT2D eigenvalue weighted by atomic mass is 10.3. The van der Waals surface area contributed by atoms with Crippen LogP contribution < -0.4 is 5.73 Å². The van der Waals surface area contributed by atoms with E-state index in [1.54, 1.807) is 6.20 Å². The van der Waals surface area contributed by atoms with E-state index in [1.165, 1.54) is 11.3 Å². The van der Waals surface area contributed by atoms with Crippen LogP contribution in [0.15, 0.2) is 17.6 Å². The average molecular weight is 151 g/mol. The van der Waals surface area contributed by atoms with Crippen LogP contribution in [-0.2, 0) is 0 Å². The van der Waals surface area contributed by atoms with Crippen LogP contribution in [0.25, 0.3) is 10.2 Å². The molecule has 0 aliphatic rings. The van der Waals surface area contributed by atoms with E-state index < -0.39 is 0 Å². The minimum atomic E-state index is 0.787. The number of anilines is 1. The highest BCUT2D eigenvalue weighted by Crippen LogP contribution is 2.24. The Balaban J connectivity index is 2.93. The van der Waals surface area contributed by atoms with Crippen LogP contribution in [0.5, 0.6) is 0 Å². The molecule has 2 heterocycles. The lowest BCUT2D eigenvalue weighted by Crippen LogP contribution is -1.81. The quantitative estimate of drug-likeness (QED) is 0.617. The zero-order valence-electron chi connectivity index (χ0n) is 5.11. The predicted octanol–water partition coefficient (Wildman–Crippen LogP) is 1.27. The van der Waals surface area contributed by atoms with E-state index in [-0.39, 0.29) is 0 Å². The third-order valence-electron chi connectivity index (χ3n) is 1.30. The van der Waals surface area contributed by atoms with Crippen molar-refractivity contribution in [3.8, 4) is 0 Å². The minimum Gasteiger partial charge on any atom is -0.398 e. The Bertz CT molecular complexity index is 355. The van der Waals surface area contributed by atoms with Crippen LogP contribution in [-0.4, -0.2) is 10.2 Å². The summed E-state index contributed by atoms with van der Waals surface area (Å²) in [5, 5.41) is 10.5. The molecular formula is C6H5N3S. The lowest BCUT2D eigenvalue weighted by molar-refractivity contribution is 1.09. The Morgan fingerprint density at radius 2 is 2.40 bits per heavy atom. The number of rotatable bonds is 0. The lowest BCUT2D eigenvalue weighted by Gasteiger charge is -1.85. The van der Waals surface area contributed by atoms with Crippen molar-refractivity contribution in [1.29, 1.82) is 0 Å². The van der Waals surface area contributed by atoms with Crippen molar-refractivity contribution in [2.45, 2.75) is 0 Å². The molecular weight excluding hydrogens is 146 g/mol. The molecule has 2 aromatic rings. The fraction of sp³-hybridized carbons (Fsp3) is 0. The Hall–Kier alpha value is -1.16. The first-order chi connectivity index (χ1) is 4.88. The molecule has 10 heavy (non-hydrogen) atoms. The maximum atomic E-state index is 5.62. The van der Waals surface area contributed by atoms with E-state index in [4.69, 9.17) is 5.73 Å². The van der Waals surface area contributed by atoms with Gasteiger partial charge in [0.1, 0.15) is 4.83 Å². The summed E-state index contributed by atoms with van der Waals surface area (Å²) in [5.41, 5.74) is 6.41. The second kappa shape index (κ2) is 1.91. The molecule has 2 N–H and O–H groups in total. The monoisotopic (exact) mass is 151 g/mol. The standard InChI is InChI=1S/C6H5N3S/c7-5-3-10-6-4(5)1-2-8-9-6/h1-3H,7H2. The van der Waals surface area contributed by atoms with Gasteiger partial charge in [0.05, 0.1) is 11.9 Å². The molecule has 0 amide bonds. The van der Waals surface area contributed by atoms with Crippen molar-refractivity contribution >= 4 is 27.2 Å². The first-order valence-corrected chi connectivity index (χ1v) is 3.70. The van der Waals surface area contributed by atoms with Gasteiger partial charge in [0.25, 0.3) is 0 Å². The van der Waals surface area contributed by atoms with E-state index in [0.29, 0.717) is 0 Å². The Morgan fingerprint density at radius 3 is 3.20 bits per heavy atom. The molecule has 2 aromatic heterocycles. The second-order valence-electron chi connectivity index (χ2n) is 1.94. The Kier molecular flexibility index (Phi) is 1.07. The second-order valence-corrected chi connectivity index (χ2v) is 2.80. The van der Waals surface area contributed by atoms with Gasteiger partial charge in [-0.15, -0.1) is 16.4 Å². The van der Waals surface area contributed by atoms with Gasteiger partial charge < -0.3 is 5.73 Å². The maximum absolute atomic E-state index is 5.62. The SMILES string of the molecule is Nc1csc2nnccc12. The summed E-state index contributed by atoms with van der Waals surface area (Å²) in [6.07, 6.45) is 1.64. The van der Waals surface area contributed by atoms with Gasteiger partial charge in [0.2, 0.25) is 0 Å². The van der Waals surface area contributed by atoms with Crippen LogP contribution in [0, 0.1) is 0 Å². The van der Waals surface area contributed by atoms with Gasteiger partial charge in [0, 0.05) is 10.8 Å². The highest BCUT2D eigenvalue weighted by molar-refractivity contribution is 7.17.